The van der Waals surface area contributed by atoms with Crippen molar-refractivity contribution in [2.75, 3.05) is 0 Å². The molecule has 0 amide bonds. The Bertz CT molecular complexity index is 550. The lowest BCUT2D eigenvalue weighted by Gasteiger charge is -2.10. The summed E-state index contributed by atoms with van der Waals surface area (Å²) in [7, 11) is 0. The third-order valence-electron chi connectivity index (χ3n) is 2.26. The van der Waals surface area contributed by atoms with Gasteiger partial charge in [0.15, 0.2) is 5.82 Å². The number of aromatic amines is 1. The quantitative estimate of drug-likeness (QED) is 0.856. The first-order valence-corrected chi connectivity index (χ1v) is 5.14. The predicted octanol–water partition coefficient (Wildman–Crippen LogP) is 2.78. The van der Waals surface area contributed by atoms with Gasteiger partial charge in [0.25, 0.3) is 5.89 Å². The number of alkyl halides is 3. The summed E-state index contributed by atoms with van der Waals surface area (Å²) in [6.07, 6.45) is -3.82. The summed E-state index contributed by atoms with van der Waals surface area (Å²) in [5, 5.41) is 9.26. The molecule has 2 aromatic rings. The van der Waals surface area contributed by atoms with Gasteiger partial charge in [0.2, 0.25) is 0 Å². The van der Waals surface area contributed by atoms with Gasteiger partial charge in [-0.25, -0.2) is 0 Å². The van der Waals surface area contributed by atoms with E-state index in [1.165, 1.54) is 0 Å². The number of rotatable bonds is 1. The molecule has 0 aliphatic rings. The van der Waals surface area contributed by atoms with Crippen molar-refractivity contribution in [3.63, 3.8) is 0 Å². The fraction of sp³-hybridized carbons (Fsp3) is 0.500. The molecule has 0 radical (unpaired) electrons. The molecule has 0 spiro atoms. The number of H-pyrrole nitrogens is 1. The molecule has 5 nitrogen and oxygen atoms in total. The van der Waals surface area contributed by atoms with Crippen LogP contribution in [-0.4, -0.2) is 20.3 Å². The average Bonchev–Trinajstić information content (AvgIpc) is 2.84. The lowest BCUT2D eigenvalue weighted by atomic mass is 9.96. The molecule has 0 aliphatic carbocycles. The minimum absolute atomic E-state index is 0.218. The summed E-state index contributed by atoms with van der Waals surface area (Å²) in [6.45, 7) is 5.50. The van der Waals surface area contributed by atoms with Crippen LogP contribution >= 0.6 is 0 Å². The minimum Gasteiger partial charge on any atom is -0.332 e. The number of hydrogen-bond donors (Lipinski definition) is 1. The van der Waals surface area contributed by atoms with E-state index in [2.05, 4.69) is 20.3 Å². The lowest BCUT2D eigenvalue weighted by Crippen LogP contribution is -2.13. The van der Waals surface area contributed by atoms with E-state index in [0.717, 1.165) is 0 Å². The summed E-state index contributed by atoms with van der Waals surface area (Å²) in [6, 6.07) is 0. The lowest BCUT2D eigenvalue weighted by molar-refractivity contribution is -0.137. The summed E-state index contributed by atoms with van der Waals surface area (Å²) in [5.74, 6) is 0.116. The standard InChI is InChI=1S/C10H11F3N4O/c1-9(2,3)8-15-7(18-17-8)6-5(4-14-16-6)10(11,12)13/h4H,1-3H3,(H,14,16). The highest BCUT2D eigenvalue weighted by atomic mass is 19.4. The first-order valence-electron chi connectivity index (χ1n) is 5.14. The fourth-order valence-corrected chi connectivity index (χ4v) is 1.29. The van der Waals surface area contributed by atoms with E-state index in [4.69, 9.17) is 4.52 Å². The third kappa shape index (κ3) is 2.22. The van der Waals surface area contributed by atoms with Crippen LogP contribution < -0.4 is 0 Å². The van der Waals surface area contributed by atoms with E-state index in [9.17, 15) is 13.2 Å². The summed E-state index contributed by atoms with van der Waals surface area (Å²) >= 11 is 0. The molecule has 0 saturated heterocycles. The van der Waals surface area contributed by atoms with E-state index in [1.54, 1.807) is 0 Å². The maximum atomic E-state index is 12.7. The van der Waals surface area contributed by atoms with Crippen LogP contribution in [0.2, 0.25) is 0 Å². The molecular formula is C10H11F3N4O. The van der Waals surface area contributed by atoms with Gasteiger partial charge in [-0.15, -0.1) is 0 Å². The first kappa shape index (κ1) is 12.6. The highest BCUT2D eigenvalue weighted by molar-refractivity contribution is 5.53. The van der Waals surface area contributed by atoms with Crippen LogP contribution in [0.15, 0.2) is 10.7 Å². The Morgan fingerprint density at radius 2 is 1.89 bits per heavy atom. The molecule has 0 unspecified atom stereocenters. The van der Waals surface area contributed by atoms with Crippen molar-refractivity contribution < 1.29 is 17.7 Å². The normalized spacial score (nSPS) is 13.0. The Kier molecular flexibility index (Phi) is 2.67. The van der Waals surface area contributed by atoms with E-state index >= 15 is 0 Å². The van der Waals surface area contributed by atoms with E-state index in [-0.39, 0.29) is 11.6 Å². The van der Waals surface area contributed by atoms with Crippen molar-refractivity contribution in [1.29, 1.82) is 0 Å². The molecule has 1 N–H and O–H groups in total. The molecule has 2 heterocycles. The topological polar surface area (TPSA) is 67.6 Å². The summed E-state index contributed by atoms with van der Waals surface area (Å²) < 4.78 is 42.8. The van der Waals surface area contributed by atoms with Gasteiger partial charge in [0.1, 0.15) is 11.3 Å². The molecule has 0 aliphatic heterocycles. The number of hydrogen-bond acceptors (Lipinski definition) is 4. The predicted molar refractivity (Wildman–Crippen MR) is 55.6 cm³/mol. The van der Waals surface area contributed by atoms with E-state index < -0.39 is 17.2 Å². The van der Waals surface area contributed by atoms with Gasteiger partial charge in [-0.05, 0) is 0 Å². The second-order valence-corrected chi connectivity index (χ2v) is 4.83. The second kappa shape index (κ2) is 3.82. The smallest absolute Gasteiger partial charge is 0.332 e. The first-order chi connectivity index (χ1) is 8.19. The molecule has 2 rings (SSSR count). The number of nitrogens with one attached hydrogen (secondary N) is 1. The Balaban J connectivity index is 2.45. The SMILES string of the molecule is CC(C)(C)c1noc(-c2[nH]ncc2C(F)(F)F)n1. The maximum absolute atomic E-state index is 12.7. The van der Waals surface area contributed by atoms with Crippen LogP contribution in [0.3, 0.4) is 0 Å². The fourth-order valence-electron chi connectivity index (χ4n) is 1.29. The number of halogens is 3. The highest BCUT2D eigenvalue weighted by Gasteiger charge is 2.37. The average molecular weight is 260 g/mol. The van der Waals surface area contributed by atoms with Gasteiger partial charge in [-0.2, -0.15) is 23.3 Å². The number of nitrogens with zero attached hydrogens (tertiary/aromatic N) is 3. The number of aromatic nitrogens is 4. The molecule has 0 aromatic carbocycles. The zero-order chi connectivity index (χ0) is 13.6. The zero-order valence-electron chi connectivity index (χ0n) is 9.96. The van der Waals surface area contributed by atoms with Crippen molar-refractivity contribution in [3.05, 3.63) is 17.6 Å². The molecule has 2 aromatic heterocycles. The third-order valence-corrected chi connectivity index (χ3v) is 2.26. The van der Waals surface area contributed by atoms with Crippen molar-refractivity contribution in [2.24, 2.45) is 0 Å². The van der Waals surface area contributed by atoms with Crippen LogP contribution in [0.25, 0.3) is 11.6 Å². The Hall–Kier alpha value is -1.86. The van der Waals surface area contributed by atoms with Crippen LogP contribution in [0.4, 0.5) is 13.2 Å². The summed E-state index contributed by atoms with van der Waals surface area (Å²) in [4.78, 5) is 3.95. The molecule has 0 saturated carbocycles. The monoisotopic (exact) mass is 260 g/mol. The Morgan fingerprint density at radius 1 is 1.22 bits per heavy atom. The molecule has 98 valence electrons. The van der Waals surface area contributed by atoms with E-state index in [0.29, 0.717) is 12.0 Å². The van der Waals surface area contributed by atoms with Gasteiger partial charge < -0.3 is 4.52 Å². The van der Waals surface area contributed by atoms with Crippen LogP contribution in [-0.2, 0) is 11.6 Å². The van der Waals surface area contributed by atoms with Crippen molar-refractivity contribution in [2.45, 2.75) is 32.4 Å². The molecule has 0 fully saturated rings. The van der Waals surface area contributed by atoms with Crippen molar-refractivity contribution in [3.8, 4) is 11.6 Å². The molecule has 0 atom stereocenters. The summed E-state index contributed by atoms with van der Waals surface area (Å²) in [5.41, 5.74) is -1.64. The van der Waals surface area contributed by atoms with Gasteiger partial charge in [0, 0.05) is 5.41 Å². The molecule has 8 heteroatoms. The molecule has 0 bridgehead atoms. The highest BCUT2D eigenvalue weighted by Crippen LogP contribution is 2.35. The van der Waals surface area contributed by atoms with Gasteiger partial charge in [-0.3, -0.25) is 5.10 Å². The van der Waals surface area contributed by atoms with Crippen molar-refractivity contribution in [1.82, 2.24) is 20.3 Å². The molecule has 18 heavy (non-hydrogen) atoms. The van der Waals surface area contributed by atoms with Crippen LogP contribution in [0, 0.1) is 0 Å². The Morgan fingerprint density at radius 3 is 2.39 bits per heavy atom. The van der Waals surface area contributed by atoms with Gasteiger partial charge in [-0.1, -0.05) is 25.9 Å². The second-order valence-electron chi connectivity index (χ2n) is 4.83. The minimum atomic E-state index is -4.52. The Labute approximate surface area is 100 Å². The van der Waals surface area contributed by atoms with Crippen LogP contribution in [0.1, 0.15) is 32.2 Å². The molecular weight excluding hydrogens is 249 g/mol. The largest absolute Gasteiger partial charge is 0.420 e. The maximum Gasteiger partial charge on any atom is 0.420 e. The van der Waals surface area contributed by atoms with Crippen LogP contribution in [0.5, 0.6) is 0 Å². The van der Waals surface area contributed by atoms with E-state index in [1.807, 2.05) is 20.8 Å². The van der Waals surface area contributed by atoms with Crippen molar-refractivity contribution >= 4 is 0 Å². The van der Waals surface area contributed by atoms with Gasteiger partial charge >= 0.3 is 6.18 Å². The van der Waals surface area contributed by atoms with Gasteiger partial charge in [0.05, 0.1) is 6.20 Å². The zero-order valence-corrected chi connectivity index (χ0v) is 9.96.